The molecule has 0 aliphatic heterocycles. The van der Waals surface area contributed by atoms with Gasteiger partial charge in [0.05, 0.1) is 22.3 Å². The number of aryl methyl sites for hydroxylation is 1. The lowest BCUT2D eigenvalue weighted by Crippen LogP contribution is -2.30. The summed E-state index contributed by atoms with van der Waals surface area (Å²) in [6.45, 7) is 0.787. The van der Waals surface area contributed by atoms with Crippen molar-refractivity contribution in [3.05, 3.63) is 40.4 Å². The van der Waals surface area contributed by atoms with Crippen molar-refractivity contribution in [2.45, 2.75) is 6.42 Å². The van der Waals surface area contributed by atoms with Crippen LogP contribution in [-0.4, -0.2) is 33.8 Å². The molecule has 0 radical (unpaired) electrons. The number of carbonyl (C=O) groups is 1. The zero-order valence-corrected chi connectivity index (χ0v) is 12.9. The zero-order chi connectivity index (χ0) is 15.2. The van der Waals surface area contributed by atoms with Crippen molar-refractivity contribution >= 4 is 34.8 Å². The van der Waals surface area contributed by atoms with Crippen molar-refractivity contribution in [2.75, 3.05) is 18.4 Å². The summed E-state index contributed by atoms with van der Waals surface area (Å²) in [7, 11) is 1.88. The number of amides is 1. The molecule has 0 spiro atoms. The van der Waals surface area contributed by atoms with Gasteiger partial charge in [-0.25, -0.2) is 0 Å². The quantitative estimate of drug-likeness (QED) is 0.795. The van der Waals surface area contributed by atoms with Gasteiger partial charge in [0.15, 0.2) is 0 Å². The fourth-order valence-corrected chi connectivity index (χ4v) is 2.23. The van der Waals surface area contributed by atoms with Crippen LogP contribution in [0.4, 0.5) is 5.69 Å². The number of nitrogens with one attached hydrogen (secondary N) is 2. The fraction of sp³-hybridized carbons (Fsp3) is 0.308. The third-order valence-electron chi connectivity index (χ3n) is 2.84. The van der Waals surface area contributed by atoms with E-state index in [2.05, 4.69) is 20.8 Å². The van der Waals surface area contributed by atoms with Crippen molar-refractivity contribution in [1.82, 2.24) is 20.1 Å². The first-order valence-corrected chi connectivity index (χ1v) is 7.11. The van der Waals surface area contributed by atoms with Gasteiger partial charge in [-0.05, 0) is 12.1 Å². The molecule has 0 atom stereocenters. The molecule has 0 aliphatic carbocycles. The van der Waals surface area contributed by atoms with E-state index in [1.165, 1.54) is 0 Å². The molecule has 0 saturated carbocycles. The predicted molar refractivity (Wildman–Crippen MR) is 82.7 cm³/mol. The highest BCUT2D eigenvalue weighted by atomic mass is 35.5. The zero-order valence-electron chi connectivity index (χ0n) is 11.4. The molecule has 1 aromatic carbocycles. The van der Waals surface area contributed by atoms with Gasteiger partial charge in [-0.15, -0.1) is 10.2 Å². The van der Waals surface area contributed by atoms with Gasteiger partial charge in [-0.3, -0.25) is 4.79 Å². The standard InChI is InChI=1S/C13H15Cl2N5O/c1-20-8-17-19-11(20)5-6-16-7-12(21)18-13-9(14)3-2-4-10(13)15/h2-4,8,16H,5-7H2,1H3,(H,18,21). The van der Waals surface area contributed by atoms with Crippen LogP contribution in [0.25, 0.3) is 0 Å². The van der Waals surface area contributed by atoms with E-state index >= 15 is 0 Å². The molecule has 0 bridgehead atoms. The van der Waals surface area contributed by atoms with Gasteiger partial charge in [0.2, 0.25) is 5.91 Å². The van der Waals surface area contributed by atoms with Crippen molar-refractivity contribution in [2.24, 2.45) is 7.05 Å². The molecule has 21 heavy (non-hydrogen) atoms. The molecular formula is C13H15Cl2N5O. The van der Waals surface area contributed by atoms with Gasteiger partial charge in [-0.2, -0.15) is 0 Å². The molecule has 2 N–H and O–H groups in total. The first-order chi connectivity index (χ1) is 10.1. The van der Waals surface area contributed by atoms with Crippen molar-refractivity contribution in [1.29, 1.82) is 0 Å². The number of aromatic nitrogens is 3. The first-order valence-electron chi connectivity index (χ1n) is 6.35. The molecule has 8 heteroatoms. The van der Waals surface area contributed by atoms with Gasteiger partial charge in [0, 0.05) is 20.0 Å². The van der Waals surface area contributed by atoms with Crippen LogP contribution in [0.15, 0.2) is 24.5 Å². The van der Waals surface area contributed by atoms with Crippen LogP contribution in [-0.2, 0) is 18.3 Å². The topological polar surface area (TPSA) is 71.8 Å². The van der Waals surface area contributed by atoms with Gasteiger partial charge in [0.1, 0.15) is 12.2 Å². The van der Waals surface area contributed by atoms with Crippen LogP contribution in [0.5, 0.6) is 0 Å². The summed E-state index contributed by atoms with van der Waals surface area (Å²) in [6.07, 6.45) is 2.33. The highest BCUT2D eigenvalue weighted by Gasteiger charge is 2.09. The molecule has 112 valence electrons. The van der Waals surface area contributed by atoms with Crippen LogP contribution in [0, 0.1) is 0 Å². The van der Waals surface area contributed by atoms with E-state index in [1.807, 2.05) is 11.6 Å². The van der Waals surface area contributed by atoms with E-state index in [1.54, 1.807) is 24.5 Å². The largest absolute Gasteiger partial charge is 0.322 e. The van der Waals surface area contributed by atoms with Gasteiger partial charge in [-0.1, -0.05) is 29.3 Å². The number of nitrogens with zero attached hydrogens (tertiary/aromatic N) is 3. The van der Waals surface area contributed by atoms with Crippen LogP contribution in [0.1, 0.15) is 5.82 Å². The maximum Gasteiger partial charge on any atom is 0.238 e. The Hall–Kier alpha value is -1.63. The third kappa shape index (κ3) is 4.42. The van der Waals surface area contributed by atoms with Crippen LogP contribution in [0.2, 0.25) is 10.0 Å². The lowest BCUT2D eigenvalue weighted by Gasteiger charge is -2.09. The predicted octanol–water partition coefficient (Wildman–Crippen LogP) is 1.89. The minimum absolute atomic E-state index is 0.166. The Morgan fingerprint density at radius 2 is 2.05 bits per heavy atom. The summed E-state index contributed by atoms with van der Waals surface area (Å²) >= 11 is 12.0. The molecule has 0 aliphatic rings. The summed E-state index contributed by atoms with van der Waals surface area (Å²) in [5.74, 6) is 0.653. The molecule has 0 unspecified atom stereocenters. The highest BCUT2D eigenvalue weighted by Crippen LogP contribution is 2.29. The minimum atomic E-state index is -0.206. The maximum atomic E-state index is 11.8. The number of para-hydroxylation sites is 1. The van der Waals surface area contributed by atoms with Crippen molar-refractivity contribution in [3.8, 4) is 0 Å². The van der Waals surface area contributed by atoms with Gasteiger partial charge >= 0.3 is 0 Å². The number of rotatable bonds is 6. The maximum absolute atomic E-state index is 11.8. The van der Waals surface area contributed by atoms with E-state index in [-0.39, 0.29) is 12.5 Å². The van der Waals surface area contributed by atoms with Crippen LogP contribution >= 0.6 is 23.2 Å². The lowest BCUT2D eigenvalue weighted by molar-refractivity contribution is -0.115. The molecule has 1 heterocycles. The Morgan fingerprint density at radius 3 is 2.67 bits per heavy atom. The Morgan fingerprint density at radius 1 is 1.33 bits per heavy atom. The first kappa shape index (κ1) is 15.8. The van der Waals surface area contributed by atoms with E-state index < -0.39 is 0 Å². The van der Waals surface area contributed by atoms with Gasteiger partial charge < -0.3 is 15.2 Å². The smallest absolute Gasteiger partial charge is 0.238 e. The van der Waals surface area contributed by atoms with E-state index in [0.29, 0.717) is 28.7 Å². The second-order valence-corrected chi connectivity index (χ2v) is 5.24. The average molecular weight is 328 g/mol. The summed E-state index contributed by atoms with van der Waals surface area (Å²) in [5.41, 5.74) is 0.431. The normalized spacial score (nSPS) is 10.6. The number of halogens is 2. The molecule has 6 nitrogen and oxygen atoms in total. The number of carbonyl (C=O) groups excluding carboxylic acids is 1. The molecule has 0 saturated heterocycles. The number of hydrogen-bond donors (Lipinski definition) is 2. The SMILES string of the molecule is Cn1cnnc1CCNCC(=O)Nc1c(Cl)cccc1Cl. The Bertz CT molecular complexity index is 609. The van der Waals surface area contributed by atoms with E-state index in [4.69, 9.17) is 23.2 Å². The van der Waals surface area contributed by atoms with Crippen molar-refractivity contribution < 1.29 is 4.79 Å². The molecule has 2 rings (SSSR count). The third-order valence-corrected chi connectivity index (χ3v) is 3.47. The van der Waals surface area contributed by atoms with Crippen molar-refractivity contribution in [3.63, 3.8) is 0 Å². The Labute approximate surface area is 132 Å². The number of benzene rings is 1. The number of anilines is 1. The monoisotopic (exact) mass is 327 g/mol. The molecule has 1 amide bonds. The summed E-state index contributed by atoms with van der Waals surface area (Å²) < 4.78 is 1.84. The lowest BCUT2D eigenvalue weighted by atomic mass is 10.3. The highest BCUT2D eigenvalue weighted by molar-refractivity contribution is 6.39. The molecule has 2 aromatic rings. The Balaban J connectivity index is 1.76. The summed E-state index contributed by atoms with van der Waals surface area (Å²) in [4.78, 5) is 11.8. The molecule has 0 fully saturated rings. The van der Waals surface area contributed by atoms with E-state index in [0.717, 1.165) is 5.82 Å². The summed E-state index contributed by atoms with van der Waals surface area (Å²) in [5, 5.41) is 14.3. The second-order valence-electron chi connectivity index (χ2n) is 4.43. The second kappa shape index (κ2) is 7.40. The average Bonchev–Trinajstić information content (AvgIpc) is 2.85. The van der Waals surface area contributed by atoms with Crippen LogP contribution in [0.3, 0.4) is 0 Å². The summed E-state index contributed by atoms with van der Waals surface area (Å²) in [6, 6.07) is 5.06. The molecular weight excluding hydrogens is 313 g/mol. The van der Waals surface area contributed by atoms with Gasteiger partial charge in [0.25, 0.3) is 0 Å². The fourth-order valence-electron chi connectivity index (χ4n) is 1.74. The van der Waals surface area contributed by atoms with Crippen LogP contribution < -0.4 is 10.6 Å². The Kier molecular flexibility index (Phi) is 5.55. The van der Waals surface area contributed by atoms with E-state index in [9.17, 15) is 4.79 Å². The number of hydrogen-bond acceptors (Lipinski definition) is 4. The molecule has 1 aromatic heterocycles. The minimum Gasteiger partial charge on any atom is -0.322 e.